The van der Waals surface area contributed by atoms with E-state index in [0.29, 0.717) is 10.2 Å². The van der Waals surface area contributed by atoms with E-state index in [2.05, 4.69) is 21.0 Å². The fraction of sp³-hybridized carbons (Fsp3) is 0. The Morgan fingerprint density at radius 1 is 1.50 bits per heavy atom. The molecule has 4 nitrogen and oxygen atoms in total. The summed E-state index contributed by atoms with van der Waals surface area (Å²) in [5.41, 5.74) is 0.503. The van der Waals surface area contributed by atoms with Crippen LogP contribution in [0.25, 0.3) is 5.69 Å². The average molecular weight is 285 g/mol. The smallest absolute Gasteiger partial charge is 0.338 e. The zero-order chi connectivity index (χ0) is 11.7. The van der Waals surface area contributed by atoms with Crippen LogP contribution in [0.15, 0.2) is 35.1 Å². The molecule has 0 spiro atoms. The minimum atomic E-state index is -1.07. The van der Waals surface area contributed by atoms with E-state index in [1.807, 2.05) is 0 Å². The molecular formula is C10H6BrFN2O2. The van der Waals surface area contributed by atoms with Gasteiger partial charge in [0.1, 0.15) is 5.82 Å². The topological polar surface area (TPSA) is 55.1 Å². The summed E-state index contributed by atoms with van der Waals surface area (Å²) >= 11 is 3.24. The van der Waals surface area contributed by atoms with E-state index >= 15 is 0 Å². The van der Waals surface area contributed by atoms with Gasteiger partial charge >= 0.3 is 5.97 Å². The number of benzene rings is 1. The molecule has 2 rings (SSSR count). The molecule has 82 valence electrons. The van der Waals surface area contributed by atoms with Crippen molar-refractivity contribution in [1.29, 1.82) is 0 Å². The Bertz CT molecular complexity index is 554. The lowest BCUT2D eigenvalue weighted by Crippen LogP contribution is -1.97. The third-order valence-electron chi connectivity index (χ3n) is 1.98. The number of hydrogen-bond donors (Lipinski definition) is 1. The molecule has 0 aliphatic rings. The quantitative estimate of drug-likeness (QED) is 0.922. The van der Waals surface area contributed by atoms with E-state index in [1.54, 1.807) is 0 Å². The molecule has 0 aliphatic heterocycles. The fourth-order valence-electron chi connectivity index (χ4n) is 1.23. The maximum atomic E-state index is 13.0. The standard InChI is InChI=1S/C10H6BrFN2O2/c11-8-2-1-7(12)3-9(8)14-5-6(4-13-14)10(15)16/h1-5H,(H,15,16). The number of aromatic nitrogens is 2. The first-order chi connectivity index (χ1) is 7.58. The van der Waals surface area contributed by atoms with Gasteiger partial charge in [-0.05, 0) is 28.1 Å². The zero-order valence-electron chi connectivity index (χ0n) is 7.89. The predicted octanol–water partition coefficient (Wildman–Crippen LogP) is 2.47. The Morgan fingerprint density at radius 2 is 2.25 bits per heavy atom. The summed E-state index contributed by atoms with van der Waals surface area (Å²) in [6.45, 7) is 0. The number of hydrogen-bond acceptors (Lipinski definition) is 2. The molecule has 0 aliphatic carbocycles. The summed E-state index contributed by atoms with van der Waals surface area (Å²) in [4.78, 5) is 10.7. The van der Waals surface area contributed by atoms with Crippen LogP contribution in [0.4, 0.5) is 4.39 Å². The first kappa shape index (κ1) is 10.8. The molecule has 1 aromatic carbocycles. The highest BCUT2D eigenvalue weighted by molar-refractivity contribution is 9.10. The lowest BCUT2D eigenvalue weighted by Gasteiger charge is -2.03. The van der Waals surface area contributed by atoms with Crippen molar-refractivity contribution in [2.45, 2.75) is 0 Å². The molecule has 0 bridgehead atoms. The highest BCUT2D eigenvalue weighted by Gasteiger charge is 2.09. The second-order valence-corrected chi connectivity index (χ2v) is 3.93. The maximum absolute atomic E-state index is 13.0. The average Bonchev–Trinajstić information content (AvgIpc) is 2.70. The van der Waals surface area contributed by atoms with Gasteiger partial charge in [0.05, 0.1) is 17.4 Å². The van der Waals surface area contributed by atoms with Gasteiger partial charge in [0.15, 0.2) is 0 Å². The summed E-state index contributed by atoms with van der Waals surface area (Å²) in [6, 6.07) is 4.10. The van der Waals surface area contributed by atoms with E-state index < -0.39 is 11.8 Å². The van der Waals surface area contributed by atoms with Crippen molar-refractivity contribution in [2.24, 2.45) is 0 Å². The summed E-state index contributed by atoms with van der Waals surface area (Å²) in [5, 5.41) is 12.6. The number of carboxylic acids is 1. The van der Waals surface area contributed by atoms with Crippen LogP contribution in [0.5, 0.6) is 0 Å². The molecule has 2 aromatic rings. The van der Waals surface area contributed by atoms with Crippen molar-refractivity contribution in [2.75, 3.05) is 0 Å². The fourth-order valence-corrected chi connectivity index (χ4v) is 1.65. The Kier molecular flexibility index (Phi) is 2.74. The Labute approximate surface area is 98.4 Å². The first-order valence-electron chi connectivity index (χ1n) is 4.31. The summed E-state index contributed by atoms with van der Waals surface area (Å²) in [7, 11) is 0. The lowest BCUT2D eigenvalue weighted by atomic mass is 10.3. The molecule has 0 atom stereocenters. The van der Waals surface area contributed by atoms with Crippen LogP contribution in [-0.4, -0.2) is 20.9 Å². The molecule has 16 heavy (non-hydrogen) atoms. The highest BCUT2D eigenvalue weighted by atomic mass is 79.9. The van der Waals surface area contributed by atoms with Gasteiger partial charge in [-0.25, -0.2) is 13.9 Å². The third-order valence-corrected chi connectivity index (χ3v) is 2.66. The van der Waals surface area contributed by atoms with Gasteiger partial charge in [0, 0.05) is 16.7 Å². The monoisotopic (exact) mass is 284 g/mol. The van der Waals surface area contributed by atoms with E-state index in [9.17, 15) is 9.18 Å². The minimum absolute atomic E-state index is 0.0520. The van der Waals surface area contributed by atoms with E-state index in [4.69, 9.17) is 5.11 Å². The van der Waals surface area contributed by atoms with Crippen molar-refractivity contribution >= 4 is 21.9 Å². The SMILES string of the molecule is O=C(O)c1cnn(-c2cc(F)ccc2Br)c1. The van der Waals surface area contributed by atoms with Crippen LogP contribution < -0.4 is 0 Å². The van der Waals surface area contributed by atoms with Gasteiger partial charge in [-0.3, -0.25) is 0 Å². The number of aromatic carboxylic acids is 1. The van der Waals surface area contributed by atoms with Crippen LogP contribution >= 0.6 is 15.9 Å². The second kappa shape index (κ2) is 4.05. The predicted molar refractivity (Wildman–Crippen MR) is 58.2 cm³/mol. The number of carbonyl (C=O) groups is 1. The number of nitrogens with zero attached hydrogens (tertiary/aromatic N) is 2. The van der Waals surface area contributed by atoms with Crippen molar-refractivity contribution in [3.63, 3.8) is 0 Å². The number of rotatable bonds is 2. The van der Waals surface area contributed by atoms with Crippen molar-refractivity contribution in [3.05, 3.63) is 46.4 Å². The zero-order valence-corrected chi connectivity index (χ0v) is 9.48. The van der Waals surface area contributed by atoms with Gasteiger partial charge in [0.2, 0.25) is 0 Å². The largest absolute Gasteiger partial charge is 0.478 e. The molecule has 0 amide bonds. The minimum Gasteiger partial charge on any atom is -0.478 e. The van der Waals surface area contributed by atoms with Crippen LogP contribution in [0.3, 0.4) is 0 Å². The molecule has 6 heteroatoms. The summed E-state index contributed by atoms with van der Waals surface area (Å²) in [5.74, 6) is -1.48. The van der Waals surface area contributed by atoms with Gasteiger partial charge in [-0.1, -0.05) is 0 Å². The van der Waals surface area contributed by atoms with Crippen LogP contribution in [0.2, 0.25) is 0 Å². The molecule has 0 fully saturated rings. The van der Waals surface area contributed by atoms with Crippen LogP contribution in [-0.2, 0) is 0 Å². The van der Waals surface area contributed by atoms with Crippen molar-refractivity contribution in [3.8, 4) is 5.69 Å². The Morgan fingerprint density at radius 3 is 2.88 bits per heavy atom. The van der Waals surface area contributed by atoms with Gasteiger partial charge < -0.3 is 5.11 Å². The van der Waals surface area contributed by atoms with Gasteiger partial charge in [-0.2, -0.15) is 5.10 Å². The van der Waals surface area contributed by atoms with Gasteiger partial charge in [0.25, 0.3) is 0 Å². The normalized spacial score (nSPS) is 10.4. The first-order valence-corrected chi connectivity index (χ1v) is 5.10. The van der Waals surface area contributed by atoms with Crippen LogP contribution in [0, 0.1) is 5.82 Å². The molecule has 0 saturated carbocycles. The van der Waals surface area contributed by atoms with Crippen LogP contribution in [0.1, 0.15) is 10.4 Å². The molecule has 1 aromatic heterocycles. The molecular weight excluding hydrogens is 279 g/mol. The molecule has 1 N–H and O–H groups in total. The van der Waals surface area contributed by atoms with E-state index in [-0.39, 0.29) is 5.56 Å². The number of carboxylic acid groups (broad SMARTS) is 1. The third kappa shape index (κ3) is 1.96. The number of halogens is 2. The molecule has 1 heterocycles. The van der Waals surface area contributed by atoms with E-state index in [1.165, 1.54) is 35.3 Å². The van der Waals surface area contributed by atoms with E-state index in [0.717, 1.165) is 0 Å². The van der Waals surface area contributed by atoms with Crippen molar-refractivity contribution < 1.29 is 14.3 Å². The summed E-state index contributed by atoms with van der Waals surface area (Å²) < 4.78 is 15.0. The molecule has 0 radical (unpaired) electrons. The molecule has 0 saturated heterocycles. The van der Waals surface area contributed by atoms with Crippen molar-refractivity contribution in [1.82, 2.24) is 9.78 Å². The Hall–Kier alpha value is -1.69. The highest BCUT2D eigenvalue weighted by Crippen LogP contribution is 2.21. The van der Waals surface area contributed by atoms with Gasteiger partial charge in [-0.15, -0.1) is 0 Å². The maximum Gasteiger partial charge on any atom is 0.338 e. The second-order valence-electron chi connectivity index (χ2n) is 3.07. The molecule has 0 unspecified atom stereocenters. The lowest BCUT2D eigenvalue weighted by molar-refractivity contribution is 0.0697. The summed E-state index contributed by atoms with van der Waals surface area (Å²) in [6.07, 6.45) is 2.53. The Balaban J connectivity index is 2.50.